The molecule has 0 bridgehead atoms. The van der Waals surface area contributed by atoms with Crippen molar-refractivity contribution in [3.63, 3.8) is 0 Å². The summed E-state index contributed by atoms with van der Waals surface area (Å²) < 4.78 is 15.8. The van der Waals surface area contributed by atoms with Crippen LogP contribution in [-0.2, 0) is 11.3 Å². The molecule has 0 aliphatic rings. The highest BCUT2D eigenvalue weighted by Crippen LogP contribution is 2.26. The van der Waals surface area contributed by atoms with Crippen molar-refractivity contribution in [2.24, 2.45) is 0 Å². The molecular formula is C16H12ClN3O6. The third kappa shape index (κ3) is 3.57. The summed E-state index contributed by atoms with van der Waals surface area (Å²) in [6, 6.07) is 5.41. The van der Waals surface area contributed by atoms with E-state index in [4.69, 9.17) is 25.2 Å². The molecule has 0 aliphatic heterocycles. The first-order valence-electron chi connectivity index (χ1n) is 7.36. The van der Waals surface area contributed by atoms with Gasteiger partial charge in [-0.3, -0.25) is 10.1 Å². The van der Waals surface area contributed by atoms with Gasteiger partial charge in [0.05, 0.1) is 10.5 Å². The van der Waals surface area contributed by atoms with E-state index in [0.717, 1.165) is 6.07 Å². The number of carbonyl (C=O) groups excluding carboxylic acids is 1. The standard InChI is InChI=1S/C16H12ClN3O6/c1-8-5-12(9(2)25-8)15-19-18-14(26-15)7-24-16(21)11-4-3-10(17)6-13(11)20(22)23/h3-6H,7H2,1-2H3. The summed E-state index contributed by atoms with van der Waals surface area (Å²) in [6.45, 7) is 3.21. The molecule has 3 rings (SSSR count). The van der Waals surface area contributed by atoms with Crippen LogP contribution >= 0.6 is 11.6 Å². The fourth-order valence-corrected chi connectivity index (χ4v) is 2.46. The van der Waals surface area contributed by atoms with Crippen LogP contribution in [0.3, 0.4) is 0 Å². The van der Waals surface area contributed by atoms with Crippen LogP contribution in [0.4, 0.5) is 5.69 Å². The summed E-state index contributed by atoms with van der Waals surface area (Å²) in [6.07, 6.45) is 0. The number of carbonyl (C=O) groups is 1. The summed E-state index contributed by atoms with van der Waals surface area (Å²) in [7, 11) is 0. The lowest BCUT2D eigenvalue weighted by atomic mass is 10.2. The van der Waals surface area contributed by atoms with Crippen LogP contribution in [0.25, 0.3) is 11.5 Å². The second-order valence-corrected chi connectivity index (χ2v) is 5.76. The van der Waals surface area contributed by atoms with Gasteiger partial charge in [-0.1, -0.05) is 11.6 Å². The topological polar surface area (TPSA) is 122 Å². The van der Waals surface area contributed by atoms with Crippen molar-refractivity contribution >= 4 is 23.3 Å². The van der Waals surface area contributed by atoms with Crippen molar-refractivity contribution in [1.29, 1.82) is 0 Å². The molecule has 0 fully saturated rings. The van der Waals surface area contributed by atoms with Gasteiger partial charge in [0.15, 0.2) is 6.61 Å². The number of benzene rings is 1. The fraction of sp³-hybridized carbons (Fsp3) is 0.188. The van der Waals surface area contributed by atoms with E-state index in [9.17, 15) is 14.9 Å². The number of esters is 1. The first-order chi connectivity index (χ1) is 12.3. The van der Waals surface area contributed by atoms with Crippen LogP contribution in [0.1, 0.15) is 27.8 Å². The Morgan fingerprint density at radius 1 is 1.27 bits per heavy atom. The molecule has 134 valence electrons. The number of ether oxygens (including phenoxy) is 1. The number of rotatable bonds is 5. The highest BCUT2D eigenvalue weighted by molar-refractivity contribution is 6.31. The Hall–Kier alpha value is -3.20. The molecule has 9 nitrogen and oxygen atoms in total. The summed E-state index contributed by atoms with van der Waals surface area (Å²) in [5.41, 5.74) is -0.0282. The van der Waals surface area contributed by atoms with Crippen LogP contribution in [0, 0.1) is 24.0 Å². The average Bonchev–Trinajstić information content (AvgIpc) is 3.18. The molecule has 0 radical (unpaired) electrons. The lowest BCUT2D eigenvalue weighted by Gasteiger charge is -2.03. The maximum Gasteiger partial charge on any atom is 0.345 e. The molecule has 0 atom stereocenters. The number of furan rings is 1. The van der Waals surface area contributed by atoms with Crippen molar-refractivity contribution in [2.45, 2.75) is 20.5 Å². The van der Waals surface area contributed by atoms with E-state index in [1.165, 1.54) is 12.1 Å². The van der Waals surface area contributed by atoms with Crippen molar-refractivity contribution in [3.8, 4) is 11.5 Å². The fourth-order valence-electron chi connectivity index (χ4n) is 2.30. The summed E-state index contributed by atoms with van der Waals surface area (Å²) in [5, 5.41) is 18.8. The Labute approximate surface area is 151 Å². The van der Waals surface area contributed by atoms with Gasteiger partial charge in [-0.2, -0.15) is 0 Å². The maximum atomic E-state index is 12.1. The van der Waals surface area contributed by atoms with Crippen molar-refractivity contribution in [3.05, 3.63) is 62.4 Å². The van der Waals surface area contributed by atoms with E-state index in [1.807, 2.05) is 0 Å². The predicted octanol–water partition coefficient (Wildman–Crippen LogP) is 3.87. The van der Waals surface area contributed by atoms with Gasteiger partial charge >= 0.3 is 5.97 Å². The Bertz CT molecular complexity index is 994. The zero-order valence-electron chi connectivity index (χ0n) is 13.7. The molecule has 0 aliphatic carbocycles. The molecule has 26 heavy (non-hydrogen) atoms. The lowest BCUT2D eigenvalue weighted by molar-refractivity contribution is -0.385. The quantitative estimate of drug-likeness (QED) is 0.373. The van der Waals surface area contributed by atoms with E-state index < -0.39 is 16.6 Å². The van der Waals surface area contributed by atoms with Gasteiger partial charge in [-0.25, -0.2) is 4.79 Å². The van der Waals surface area contributed by atoms with Gasteiger partial charge in [-0.05, 0) is 32.0 Å². The smallest absolute Gasteiger partial charge is 0.345 e. The van der Waals surface area contributed by atoms with Gasteiger partial charge in [-0.15, -0.1) is 10.2 Å². The van der Waals surface area contributed by atoms with Crippen LogP contribution in [0.5, 0.6) is 0 Å². The molecule has 2 heterocycles. The van der Waals surface area contributed by atoms with Crippen LogP contribution < -0.4 is 0 Å². The summed E-state index contributed by atoms with van der Waals surface area (Å²) in [5.74, 6) is 0.680. The molecule has 0 amide bonds. The largest absolute Gasteiger partial charge is 0.466 e. The molecule has 0 saturated heterocycles. The molecule has 10 heteroatoms. The molecule has 3 aromatic rings. The molecule has 0 unspecified atom stereocenters. The number of aryl methyl sites for hydroxylation is 2. The Morgan fingerprint density at radius 2 is 2.04 bits per heavy atom. The van der Waals surface area contributed by atoms with Crippen LogP contribution in [0.2, 0.25) is 5.02 Å². The summed E-state index contributed by atoms with van der Waals surface area (Å²) in [4.78, 5) is 22.4. The third-order valence-corrected chi connectivity index (χ3v) is 3.68. The normalized spacial score (nSPS) is 10.7. The maximum absolute atomic E-state index is 12.1. The zero-order valence-corrected chi connectivity index (χ0v) is 14.4. The second-order valence-electron chi connectivity index (χ2n) is 5.32. The Balaban J connectivity index is 1.73. The van der Waals surface area contributed by atoms with E-state index >= 15 is 0 Å². The van der Waals surface area contributed by atoms with Gasteiger partial charge in [0, 0.05) is 11.1 Å². The van der Waals surface area contributed by atoms with Gasteiger partial charge in [0.1, 0.15) is 17.1 Å². The zero-order chi connectivity index (χ0) is 18.8. The monoisotopic (exact) mass is 377 g/mol. The lowest BCUT2D eigenvalue weighted by Crippen LogP contribution is -2.08. The first-order valence-corrected chi connectivity index (χ1v) is 7.74. The number of hydrogen-bond donors (Lipinski definition) is 0. The molecule has 0 spiro atoms. The molecule has 1 aromatic carbocycles. The number of nitro benzene ring substituents is 1. The highest BCUT2D eigenvalue weighted by Gasteiger charge is 2.23. The number of hydrogen-bond acceptors (Lipinski definition) is 8. The molecule has 2 aromatic heterocycles. The average molecular weight is 378 g/mol. The predicted molar refractivity (Wildman–Crippen MR) is 88.7 cm³/mol. The van der Waals surface area contributed by atoms with Crippen molar-refractivity contribution < 1.29 is 23.3 Å². The minimum Gasteiger partial charge on any atom is -0.466 e. The van der Waals surface area contributed by atoms with Crippen molar-refractivity contribution in [1.82, 2.24) is 10.2 Å². The van der Waals surface area contributed by atoms with E-state index in [0.29, 0.717) is 17.1 Å². The Kier molecular flexibility index (Phi) is 4.72. The SMILES string of the molecule is Cc1cc(-c2nnc(COC(=O)c3ccc(Cl)cc3[N+](=O)[O-])o2)c(C)o1. The summed E-state index contributed by atoms with van der Waals surface area (Å²) >= 11 is 5.72. The first kappa shape index (κ1) is 17.6. The molecule has 0 N–H and O–H groups in total. The minimum atomic E-state index is -0.900. The third-order valence-electron chi connectivity index (χ3n) is 3.44. The van der Waals surface area contributed by atoms with Crippen LogP contribution in [-0.4, -0.2) is 21.1 Å². The van der Waals surface area contributed by atoms with Crippen LogP contribution in [0.15, 0.2) is 33.1 Å². The molecule has 0 saturated carbocycles. The number of nitrogens with zero attached hydrogens (tertiary/aromatic N) is 3. The van der Waals surface area contributed by atoms with Crippen molar-refractivity contribution in [2.75, 3.05) is 0 Å². The van der Waals surface area contributed by atoms with E-state index in [1.54, 1.807) is 19.9 Å². The van der Waals surface area contributed by atoms with E-state index in [2.05, 4.69) is 10.2 Å². The minimum absolute atomic E-state index is 0.0446. The van der Waals surface area contributed by atoms with Gasteiger partial charge in [0.25, 0.3) is 17.5 Å². The van der Waals surface area contributed by atoms with Gasteiger partial charge < -0.3 is 13.6 Å². The number of halogens is 1. The number of aromatic nitrogens is 2. The second kappa shape index (κ2) is 6.96. The number of nitro groups is 1. The highest BCUT2D eigenvalue weighted by atomic mass is 35.5. The van der Waals surface area contributed by atoms with Gasteiger partial charge in [0.2, 0.25) is 0 Å². The Morgan fingerprint density at radius 3 is 2.69 bits per heavy atom. The molecular weight excluding hydrogens is 366 g/mol. The van der Waals surface area contributed by atoms with E-state index in [-0.39, 0.29) is 29.0 Å².